The molecule has 1 saturated carbocycles. The van der Waals surface area contributed by atoms with Crippen molar-refractivity contribution < 1.29 is 9.59 Å². The summed E-state index contributed by atoms with van der Waals surface area (Å²) in [5.41, 5.74) is -0.220. The van der Waals surface area contributed by atoms with E-state index in [1.807, 2.05) is 20.8 Å². The topological polar surface area (TPSA) is 34.1 Å². The number of hydrogen-bond donors (Lipinski definition) is 0. The molecule has 0 aliphatic heterocycles. The molecule has 0 radical (unpaired) electrons. The first-order valence-electron chi connectivity index (χ1n) is 5.44. The van der Waals surface area contributed by atoms with Crippen molar-refractivity contribution in [2.24, 2.45) is 11.3 Å². The highest BCUT2D eigenvalue weighted by Crippen LogP contribution is 2.28. The monoisotopic (exact) mass is 196 g/mol. The number of ketones is 2. The summed E-state index contributed by atoms with van der Waals surface area (Å²) in [4.78, 5) is 22.6. The maximum absolute atomic E-state index is 11.6. The van der Waals surface area contributed by atoms with Gasteiger partial charge in [-0.1, -0.05) is 20.8 Å². The molecular weight excluding hydrogens is 176 g/mol. The average Bonchev–Trinajstić information content (AvgIpc) is 2.45. The van der Waals surface area contributed by atoms with E-state index in [0.717, 1.165) is 19.3 Å². The molecule has 1 unspecified atom stereocenters. The summed E-state index contributed by atoms with van der Waals surface area (Å²) in [5, 5.41) is 0. The molecule has 0 N–H and O–H groups in total. The van der Waals surface area contributed by atoms with Crippen molar-refractivity contribution in [2.75, 3.05) is 0 Å². The highest BCUT2D eigenvalue weighted by atomic mass is 16.1. The molecule has 1 atom stereocenters. The van der Waals surface area contributed by atoms with Crippen molar-refractivity contribution in [3.8, 4) is 0 Å². The zero-order valence-corrected chi connectivity index (χ0v) is 9.43. The molecule has 0 aromatic carbocycles. The molecule has 1 rings (SSSR count). The van der Waals surface area contributed by atoms with Gasteiger partial charge in [0.05, 0.1) is 0 Å². The molecular formula is C12H20O2. The van der Waals surface area contributed by atoms with Crippen LogP contribution < -0.4 is 0 Å². The molecule has 0 amide bonds. The van der Waals surface area contributed by atoms with E-state index in [-0.39, 0.29) is 5.41 Å². The lowest BCUT2D eigenvalue weighted by atomic mass is 9.86. The van der Waals surface area contributed by atoms with Gasteiger partial charge in [-0.15, -0.1) is 0 Å². The highest BCUT2D eigenvalue weighted by Gasteiger charge is 2.25. The van der Waals surface area contributed by atoms with Crippen molar-refractivity contribution in [3.05, 3.63) is 0 Å². The van der Waals surface area contributed by atoms with Crippen molar-refractivity contribution in [1.82, 2.24) is 0 Å². The zero-order chi connectivity index (χ0) is 10.8. The van der Waals surface area contributed by atoms with Gasteiger partial charge >= 0.3 is 0 Å². The standard InChI is InChI=1S/C12H20O2/c1-12(2,3)11(14)7-5-9-4-6-10(13)8-9/h9H,4-8H2,1-3H3. The summed E-state index contributed by atoms with van der Waals surface area (Å²) < 4.78 is 0. The maximum Gasteiger partial charge on any atom is 0.138 e. The Hall–Kier alpha value is -0.660. The van der Waals surface area contributed by atoms with E-state index in [1.54, 1.807) is 0 Å². The molecule has 1 fully saturated rings. The third-order valence-electron chi connectivity index (χ3n) is 2.96. The molecule has 0 spiro atoms. The van der Waals surface area contributed by atoms with Gasteiger partial charge in [-0.2, -0.15) is 0 Å². The predicted molar refractivity (Wildman–Crippen MR) is 56.0 cm³/mol. The van der Waals surface area contributed by atoms with E-state index in [2.05, 4.69) is 0 Å². The Morgan fingerprint density at radius 2 is 2.07 bits per heavy atom. The van der Waals surface area contributed by atoms with Crippen LogP contribution in [0.5, 0.6) is 0 Å². The number of hydrogen-bond acceptors (Lipinski definition) is 2. The summed E-state index contributed by atoms with van der Waals surface area (Å²) >= 11 is 0. The van der Waals surface area contributed by atoms with E-state index in [4.69, 9.17) is 0 Å². The van der Waals surface area contributed by atoms with Gasteiger partial charge in [-0.25, -0.2) is 0 Å². The molecule has 0 aromatic rings. The van der Waals surface area contributed by atoms with Crippen LogP contribution in [0.3, 0.4) is 0 Å². The quantitative estimate of drug-likeness (QED) is 0.695. The average molecular weight is 196 g/mol. The third-order valence-corrected chi connectivity index (χ3v) is 2.96. The molecule has 0 aromatic heterocycles. The van der Waals surface area contributed by atoms with E-state index < -0.39 is 0 Å². The molecule has 0 heterocycles. The molecule has 1 aliphatic carbocycles. The molecule has 2 nitrogen and oxygen atoms in total. The molecule has 1 aliphatic rings. The lowest BCUT2D eigenvalue weighted by molar-refractivity contribution is -0.126. The lowest BCUT2D eigenvalue weighted by Crippen LogP contribution is -2.20. The Bertz CT molecular complexity index is 235. The fourth-order valence-corrected chi connectivity index (χ4v) is 1.85. The molecule has 2 heteroatoms. The summed E-state index contributed by atoms with van der Waals surface area (Å²) in [6, 6.07) is 0. The van der Waals surface area contributed by atoms with Gasteiger partial charge < -0.3 is 0 Å². The Labute approximate surface area is 86.1 Å². The molecule has 80 valence electrons. The summed E-state index contributed by atoms with van der Waals surface area (Å²) in [6.45, 7) is 5.86. The van der Waals surface area contributed by atoms with Crippen LogP contribution in [0.25, 0.3) is 0 Å². The van der Waals surface area contributed by atoms with Gasteiger partial charge in [0, 0.05) is 24.7 Å². The number of carbonyl (C=O) groups is 2. The summed E-state index contributed by atoms with van der Waals surface area (Å²) in [5.74, 6) is 1.17. The SMILES string of the molecule is CC(C)(C)C(=O)CCC1CCC(=O)C1. The lowest BCUT2D eigenvalue weighted by Gasteiger charge is -2.17. The molecule has 14 heavy (non-hydrogen) atoms. The number of carbonyl (C=O) groups excluding carboxylic acids is 2. The van der Waals surface area contributed by atoms with Crippen LogP contribution in [0.15, 0.2) is 0 Å². The van der Waals surface area contributed by atoms with Crippen molar-refractivity contribution in [2.45, 2.75) is 52.9 Å². The van der Waals surface area contributed by atoms with Crippen molar-refractivity contribution in [3.63, 3.8) is 0 Å². The fraction of sp³-hybridized carbons (Fsp3) is 0.833. The molecule has 0 bridgehead atoms. The second-order valence-corrected chi connectivity index (χ2v) is 5.36. The van der Waals surface area contributed by atoms with Crippen LogP contribution in [0.1, 0.15) is 52.9 Å². The van der Waals surface area contributed by atoms with Crippen LogP contribution in [-0.2, 0) is 9.59 Å². The Morgan fingerprint density at radius 3 is 2.50 bits per heavy atom. The maximum atomic E-state index is 11.6. The van der Waals surface area contributed by atoms with Gasteiger partial charge in [-0.3, -0.25) is 9.59 Å². The van der Waals surface area contributed by atoms with Gasteiger partial charge in [-0.05, 0) is 18.8 Å². The third kappa shape index (κ3) is 3.24. The van der Waals surface area contributed by atoms with E-state index >= 15 is 0 Å². The Balaban J connectivity index is 2.28. The minimum absolute atomic E-state index is 0.220. The Morgan fingerprint density at radius 1 is 1.43 bits per heavy atom. The predicted octanol–water partition coefficient (Wildman–Crippen LogP) is 2.75. The van der Waals surface area contributed by atoms with E-state index in [1.165, 1.54) is 0 Å². The smallest absolute Gasteiger partial charge is 0.138 e. The number of rotatable bonds is 3. The van der Waals surface area contributed by atoms with E-state index in [9.17, 15) is 9.59 Å². The highest BCUT2D eigenvalue weighted by molar-refractivity contribution is 5.84. The van der Waals surface area contributed by atoms with Crippen LogP contribution in [0, 0.1) is 11.3 Å². The minimum Gasteiger partial charge on any atom is -0.300 e. The first-order chi connectivity index (χ1) is 6.39. The fourth-order valence-electron chi connectivity index (χ4n) is 1.85. The van der Waals surface area contributed by atoms with Gasteiger partial charge in [0.15, 0.2) is 0 Å². The van der Waals surface area contributed by atoms with Crippen molar-refractivity contribution in [1.29, 1.82) is 0 Å². The summed E-state index contributed by atoms with van der Waals surface area (Å²) in [7, 11) is 0. The van der Waals surface area contributed by atoms with E-state index in [0.29, 0.717) is 30.3 Å². The summed E-state index contributed by atoms with van der Waals surface area (Å²) in [6.07, 6.45) is 3.98. The largest absolute Gasteiger partial charge is 0.300 e. The van der Waals surface area contributed by atoms with Crippen LogP contribution >= 0.6 is 0 Å². The second kappa shape index (κ2) is 4.24. The molecule has 0 saturated heterocycles. The van der Waals surface area contributed by atoms with Gasteiger partial charge in [0.25, 0.3) is 0 Å². The second-order valence-electron chi connectivity index (χ2n) is 5.36. The van der Waals surface area contributed by atoms with Gasteiger partial charge in [0.1, 0.15) is 11.6 Å². The first-order valence-corrected chi connectivity index (χ1v) is 5.44. The Kier molecular flexibility index (Phi) is 3.46. The number of Topliss-reactive ketones (excluding diaryl/α,β-unsaturated/α-hetero) is 2. The van der Waals surface area contributed by atoms with Crippen LogP contribution in [0.2, 0.25) is 0 Å². The van der Waals surface area contributed by atoms with Crippen LogP contribution in [0.4, 0.5) is 0 Å². The van der Waals surface area contributed by atoms with Gasteiger partial charge in [0.2, 0.25) is 0 Å². The zero-order valence-electron chi connectivity index (χ0n) is 9.43. The van der Waals surface area contributed by atoms with Crippen molar-refractivity contribution >= 4 is 11.6 Å². The first kappa shape index (κ1) is 11.4. The minimum atomic E-state index is -0.220. The normalized spacial score (nSPS) is 22.8. The van der Waals surface area contributed by atoms with Crippen LogP contribution in [-0.4, -0.2) is 11.6 Å².